The van der Waals surface area contributed by atoms with Crippen LogP contribution in [0.15, 0.2) is 21.7 Å². The third-order valence-corrected chi connectivity index (χ3v) is 4.27. The maximum atomic E-state index is 13.8. The van der Waals surface area contributed by atoms with Crippen LogP contribution in [0, 0.1) is 11.7 Å². The smallest absolute Gasteiger partial charge is 0.331 e. The molecule has 1 aromatic carbocycles. The average molecular weight is 321 g/mol. The molecule has 1 saturated heterocycles. The van der Waals surface area contributed by atoms with Gasteiger partial charge in [0.15, 0.2) is 0 Å². The third-order valence-electron chi connectivity index (χ3n) is 4.27. The number of nitrogen functional groups attached to an aromatic ring is 1. The van der Waals surface area contributed by atoms with E-state index in [-0.39, 0.29) is 28.6 Å². The first kappa shape index (κ1) is 15.7. The number of fused-ring (bicyclic) bond motifs is 1. The van der Waals surface area contributed by atoms with Gasteiger partial charge in [0.2, 0.25) is 0 Å². The van der Waals surface area contributed by atoms with Gasteiger partial charge in [0.1, 0.15) is 5.82 Å². The van der Waals surface area contributed by atoms with Gasteiger partial charge in [-0.2, -0.15) is 0 Å². The molecule has 0 radical (unpaired) electrons. The van der Waals surface area contributed by atoms with E-state index in [0.29, 0.717) is 19.8 Å². The van der Waals surface area contributed by atoms with Crippen molar-refractivity contribution in [3.05, 3.63) is 38.8 Å². The number of benzene rings is 1. The lowest BCUT2D eigenvalue weighted by molar-refractivity contribution is 0.181. The molecule has 1 unspecified atom stereocenters. The van der Waals surface area contributed by atoms with Crippen molar-refractivity contribution in [2.45, 2.75) is 32.9 Å². The predicted octanol–water partition coefficient (Wildman–Crippen LogP) is 1.50. The van der Waals surface area contributed by atoms with E-state index in [9.17, 15) is 14.0 Å². The second kappa shape index (κ2) is 5.81. The van der Waals surface area contributed by atoms with E-state index in [1.807, 2.05) is 13.8 Å². The topological polar surface area (TPSA) is 79.2 Å². The fourth-order valence-electron chi connectivity index (χ4n) is 3.06. The summed E-state index contributed by atoms with van der Waals surface area (Å²) in [6.45, 7) is 5.13. The lowest BCUT2D eigenvalue weighted by Gasteiger charge is -2.18. The summed E-state index contributed by atoms with van der Waals surface area (Å²) in [6, 6.07) is 2.27. The SMILES string of the molecule is CC(C)n1c(=O)n(CC2CCOC2)c(=O)c2cc(N)c(F)cc21. The molecule has 7 heteroatoms. The van der Waals surface area contributed by atoms with Crippen LogP contribution in [0.4, 0.5) is 10.1 Å². The van der Waals surface area contributed by atoms with Gasteiger partial charge in [0, 0.05) is 31.2 Å². The van der Waals surface area contributed by atoms with Gasteiger partial charge < -0.3 is 10.5 Å². The van der Waals surface area contributed by atoms with Crippen molar-refractivity contribution < 1.29 is 9.13 Å². The monoisotopic (exact) mass is 321 g/mol. The van der Waals surface area contributed by atoms with E-state index in [1.54, 1.807) is 0 Å². The van der Waals surface area contributed by atoms with Gasteiger partial charge >= 0.3 is 5.69 Å². The number of aromatic nitrogens is 2. The first-order valence-corrected chi connectivity index (χ1v) is 7.72. The zero-order chi connectivity index (χ0) is 16.7. The second-order valence-corrected chi connectivity index (χ2v) is 6.28. The molecule has 1 atom stereocenters. The number of ether oxygens (including phenoxy) is 1. The van der Waals surface area contributed by atoms with E-state index >= 15 is 0 Å². The number of rotatable bonds is 3. The van der Waals surface area contributed by atoms with Gasteiger partial charge in [0.25, 0.3) is 5.56 Å². The fraction of sp³-hybridized carbons (Fsp3) is 0.500. The molecule has 1 aromatic heterocycles. The van der Waals surface area contributed by atoms with E-state index in [4.69, 9.17) is 10.5 Å². The molecule has 124 valence electrons. The summed E-state index contributed by atoms with van der Waals surface area (Å²) in [6.07, 6.45) is 0.817. The molecule has 2 heterocycles. The molecule has 0 spiro atoms. The predicted molar refractivity (Wildman–Crippen MR) is 86.1 cm³/mol. The number of halogens is 1. The highest BCUT2D eigenvalue weighted by atomic mass is 19.1. The van der Waals surface area contributed by atoms with Gasteiger partial charge in [-0.25, -0.2) is 9.18 Å². The summed E-state index contributed by atoms with van der Waals surface area (Å²) in [7, 11) is 0. The van der Waals surface area contributed by atoms with Gasteiger partial charge in [-0.05, 0) is 26.3 Å². The van der Waals surface area contributed by atoms with Crippen LogP contribution in [-0.4, -0.2) is 22.3 Å². The number of nitrogens with two attached hydrogens (primary N) is 1. The minimum Gasteiger partial charge on any atom is -0.396 e. The fourth-order valence-corrected chi connectivity index (χ4v) is 3.06. The number of nitrogens with zero attached hydrogens (tertiary/aromatic N) is 2. The Hall–Kier alpha value is -2.15. The van der Waals surface area contributed by atoms with Crippen molar-refractivity contribution in [2.75, 3.05) is 18.9 Å². The second-order valence-electron chi connectivity index (χ2n) is 6.28. The first-order chi connectivity index (χ1) is 10.9. The summed E-state index contributed by atoms with van der Waals surface area (Å²) in [5.74, 6) is -0.496. The lowest BCUT2D eigenvalue weighted by atomic mass is 10.1. The van der Waals surface area contributed by atoms with E-state index in [0.717, 1.165) is 12.5 Å². The van der Waals surface area contributed by atoms with Crippen molar-refractivity contribution in [2.24, 2.45) is 5.92 Å². The van der Waals surface area contributed by atoms with Crippen molar-refractivity contribution in [3.8, 4) is 0 Å². The first-order valence-electron chi connectivity index (χ1n) is 7.72. The molecule has 2 N–H and O–H groups in total. The Bertz CT molecular complexity index is 863. The van der Waals surface area contributed by atoms with Crippen LogP contribution in [0.5, 0.6) is 0 Å². The Morgan fingerprint density at radius 3 is 2.74 bits per heavy atom. The average Bonchev–Trinajstić information content (AvgIpc) is 2.99. The molecule has 2 aromatic rings. The van der Waals surface area contributed by atoms with Crippen LogP contribution in [0.1, 0.15) is 26.3 Å². The zero-order valence-electron chi connectivity index (χ0n) is 13.2. The normalized spacial score (nSPS) is 18.2. The molecule has 0 amide bonds. The van der Waals surface area contributed by atoms with Gasteiger partial charge in [-0.3, -0.25) is 13.9 Å². The maximum Gasteiger partial charge on any atom is 0.331 e. The Morgan fingerprint density at radius 1 is 1.39 bits per heavy atom. The molecule has 6 nitrogen and oxygen atoms in total. The molecule has 0 saturated carbocycles. The highest BCUT2D eigenvalue weighted by Gasteiger charge is 2.22. The molecule has 1 aliphatic rings. The summed E-state index contributed by atoms with van der Waals surface area (Å²) in [5, 5.41) is 0.260. The zero-order valence-corrected chi connectivity index (χ0v) is 13.2. The molecule has 0 aliphatic carbocycles. The molecule has 1 aliphatic heterocycles. The summed E-state index contributed by atoms with van der Waals surface area (Å²) >= 11 is 0. The Morgan fingerprint density at radius 2 is 2.13 bits per heavy atom. The summed E-state index contributed by atoms with van der Waals surface area (Å²) in [5.41, 5.74) is 4.93. The van der Waals surface area contributed by atoms with Gasteiger partial charge in [0.05, 0.1) is 23.2 Å². The summed E-state index contributed by atoms with van der Waals surface area (Å²) in [4.78, 5) is 25.5. The van der Waals surface area contributed by atoms with E-state index in [2.05, 4.69) is 0 Å². The maximum absolute atomic E-state index is 13.8. The molecule has 0 bridgehead atoms. The lowest BCUT2D eigenvalue weighted by Crippen LogP contribution is -2.42. The number of hydrogen-bond acceptors (Lipinski definition) is 4. The van der Waals surface area contributed by atoms with Gasteiger partial charge in [-0.1, -0.05) is 0 Å². The van der Waals surface area contributed by atoms with Gasteiger partial charge in [-0.15, -0.1) is 0 Å². The number of hydrogen-bond donors (Lipinski definition) is 1. The molecule has 3 rings (SSSR count). The van der Waals surface area contributed by atoms with Crippen LogP contribution in [-0.2, 0) is 11.3 Å². The van der Waals surface area contributed by atoms with Crippen LogP contribution in [0.25, 0.3) is 10.9 Å². The van der Waals surface area contributed by atoms with Crippen LogP contribution >= 0.6 is 0 Å². The highest BCUT2D eigenvalue weighted by Crippen LogP contribution is 2.20. The highest BCUT2D eigenvalue weighted by molar-refractivity contribution is 5.82. The summed E-state index contributed by atoms with van der Waals surface area (Å²) < 4.78 is 21.8. The van der Waals surface area contributed by atoms with Crippen molar-refractivity contribution >= 4 is 16.6 Å². The Balaban J connectivity index is 2.30. The third kappa shape index (κ3) is 2.65. The van der Waals surface area contributed by atoms with Crippen molar-refractivity contribution in [3.63, 3.8) is 0 Å². The van der Waals surface area contributed by atoms with Crippen molar-refractivity contribution in [1.82, 2.24) is 9.13 Å². The minimum absolute atomic E-state index is 0.0979. The number of anilines is 1. The molecular weight excluding hydrogens is 301 g/mol. The quantitative estimate of drug-likeness (QED) is 0.869. The molecular formula is C16H20FN3O3. The Kier molecular flexibility index (Phi) is 3.97. The standard InChI is InChI=1S/C16H20FN3O3/c1-9(2)20-14-6-12(17)13(18)5-11(14)15(21)19(16(20)22)7-10-3-4-23-8-10/h5-6,9-10H,3-4,7-8,18H2,1-2H3. The Labute approximate surface area is 132 Å². The van der Waals surface area contributed by atoms with Crippen LogP contribution in [0.2, 0.25) is 0 Å². The minimum atomic E-state index is -0.632. The van der Waals surface area contributed by atoms with E-state index in [1.165, 1.54) is 15.2 Å². The molecule has 1 fully saturated rings. The molecule has 23 heavy (non-hydrogen) atoms. The largest absolute Gasteiger partial charge is 0.396 e. The van der Waals surface area contributed by atoms with Crippen LogP contribution in [0.3, 0.4) is 0 Å². The van der Waals surface area contributed by atoms with E-state index < -0.39 is 17.1 Å². The van der Waals surface area contributed by atoms with Crippen LogP contribution < -0.4 is 17.0 Å². The van der Waals surface area contributed by atoms with Crippen molar-refractivity contribution in [1.29, 1.82) is 0 Å².